The van der Waals surface area contributed by atoms with E-state index in [2.05, 4.69) is 25.8 Å². The van der Waals surface area contributed by atoms with E-state index >= 15 is 0 Å². The molecule has 2 amide bonds. The highest BCUT2D eigenvalue weighted by Crippen LogP contribution is 2.32. The van der Waals surface area contributed by atoms with Crippen LogP contribution < -0.4 is 15.4 Å². The second-order valence-electron chi connectivity index (χ2n) is 8.02. The molecule has 0 spiro atoms. The van der Waals surface area contributed by atoms with Crippen LogP contribution in [0, 0.1) is 5.82 Å². The van der Waals surface area contributed by atoms with Crippen molar-refractivity contribution >= 4 is 22.7 Å². The van der Waals surface area contributed by atoms with Crippen molar-refractivity contribution in [3.8, 4) is 17.0 Å². The first-order chi connectivity index (χ1) is 18.7. The number of hydrogen-bond donors (Lipinski definition) is 3. The monoisotopic (exact) mass is 518 g/mol. The number of carbonyl (C=O) groups is 2. The van der Waals surface area contributed by atoms with Gasteiger partial charge in [0.25, 0.3) is 11.8 Å². The highest BCUT2D eigenvalue weighted by molar-refractivity contribution is 6.05. The van der Waals surface area contributed by atoms with Gasteiger partial charge in [-0.2, -0.15) is 18.3 Å². The van der Waals surface area contributed by atoms with Crippen molar-refractivity contribution in [3.05, 3.63) is 76.9 Å². The van der Waals surface area contributed by atoms with E-state index in [9.17, 15) is 27.2 Å². The van der Waals surface area contributed by atoms with Crippen molar-refractivity contribution in [1.82, 2.24) is 25.8 Å². The number of methoxy groups -OCH3 is 1. The maximum atomic E-state index is 14.4. The van der Waals surface area contributed by atoms with Crippen molar-refractivity contribution < 1.29 is 36.0 Å². The lowest BCUT2D eigenvalue weighted by atomic mass is 10.0. The van der Waals surface area contributed by atoms with Crippen LogP contribution in [0.1, 0.15) is 49.1 Å². The molecule has 0 saturated carbocycles. The van der Waals surface area contributed by atoms with Crippen molar-refractivity contribution in [2.75, 3.05) is 14.1 Å². The predicted molar refractivity (Wildman–Crippen MR) is 127 cm³/mol. The number of ether oxygens (including phenoxy) is 1. The van der Waals surface area contributed by atoms with Crippen LogP contribution in [-0.2, 0) is 6.18 Å². The van der Waals surface area contributed by atoms with Crippen LogP contribution >= 0.6 is 0 Å². The summed E-state index contributed by atoms with van der Waals surface area (Å²) < 4.78 is 80.9. The lowest BCUT2D eigenvalue weighted by Gasteiger charge is -2.18. The Morgan fingerprint density at radius 3 is 2.59 bits per heavy atom. The number of carbonyl (C=O) groups excluding carboxylic acids is 2. The molecule has 0 bridgehead atoms. The Morgan fingerprint density at radius 1 is 1.11 bits per heavy atom. The van der Waals surface area contributed by atoms with Gasteiger partial charge in [0, 0.05) is 29.8 Å². The Bertz CT molecular complexity index is 1610. The van der Waals surface area contributed by atoms with Crippen LogP contribution in [0.25, 0.3) is 22.0 Å². The molecule has 0 aliphatic heterocycles. The zero-order valence-electron chi connectivity index (χ0n) is 22.3. The van der Waals surface area contributed by atoms with E-state index in [0.29, 0.717) is 40.2 Å². The summed E-state index contributed by atoms with van der Waals surface area (Å²) >= 11 is 0. The number of H-pyrrole nitrogens is 1. The fourth-order valence-corrected chi connectivity index (χ4v) is 3.75. The smallest absolute Gasteiger partial charge is 0.416 e. The quantitative estimate of drug-likeness (QED) is 0.322. The zero-order chi connectivity index (χ0) is 29.4. The van der Waals surface area contributed by atoms with Gasteiger partial charge in [-0.25, -0.2) is 9.37 Å². The molecule has 8 nitrogen and oxygen atoms in total. The Balaban J connectivity index is 1.71. The first-order valence-corrected chi connectivity index (χ1v) is 10.7. The van der Waals surface area contributed by atoms with Crippen molar-refractivity contribution in [1.29, 1.82) is 0 Å². The molecule has 0 fully saturated rings. The van der Waals surface area contributed by atoms with Crippen LogP contribution in [0.4, 0.5) is 17.6 Å². The van der Waals surface area contributed by atoms with Gasteiger partial charge in [0.15, 0.2) is 5.69 Å². The number of fused-ring (bicyclic) bond motifs is 1. The average Bonchev–Trinajstić information content (AvgIpc) is 3.30. The normalized spacial score (nSPS) is 13.8. The van der Waals surface area contributed by atoms with Gasteiger partial charge in [-0.15, -0.1) is 0 Å². The number of rotatable bonds is 6. The molecule has 37 heavy (non-hydrogen) atoms. The summed E-state index contributed by atoms with van der Waals surface area (Å²) in [4.78, 5) is 29.2. The molecule has 12 heteroatoms. The molecule has 0 unspecified atom stereocenters. The molecule has 2 aromatic heterocycles. The van der Waals surface area contributed by atoms with Crippen molar-refractivity contribution in [2.24, 2.45) is 0 Å². The van der Waals surface area contributed by atoms with Gasteiger partial charge >= 0.3 is 6.18 Å². The second kappa shape index (κ2) is 9.88. The van der Waals surface area contributed by atoms with E-state index in [1.165, 1.54) is 26.2 Å². The number of hydrogen-bond acceptors (Lipinski definition) is 5. The van der Waals surface area contributed by atoms with Crippen molar-refractivity contribution in [2.45, 2.75) is 19.1 Å². The molecule has 0 saturated heterocycles. The third-order valence-electron chi connectivity index (χ3n) is 5.67. The van der Waals surface area contributed by atoms with Crippen LogP contribution in [0.15, 0.2) is 48.7 Å². The number of amides is 2. The fourth-order valence-electron chi connectivity index (χ4n) is 3.75. The molecule has 0 radical (unpaired) electrons. The highest BCUT2D eigenvalue weighted by Gasteiger charge is 2.32. The maximum absolute atomic E-state index is 14.4. The number of aromatic nitrogens is 3. The molecule has 1 atom stereocenters. The largest absolute Gasteiger partial charge is 0.480 e. The molecule has 192 valence electrons. The minimum absolute atomic E-state index is 0.166. The number of alkyl halides is 3. The summed E-state index contributed by atoms with van der Waals surface area (Å²) in [6.07, 6.45) is -3.48. The molecule has 4 aromatic rings. The van der Waals surface area contributed by atoms with Crippen LogP contribution in [0.2, 0.25) is 0 Å². The molecule has 2 heterocycles. The summed E-state index contributed by atoms with van der Waals surface area (Å²) in [5.74, 6) is -2.92. The van der Waals surface area contributed by atoms with E-state index in [1.54, 1.807) is 18.2 Å². The predicted octanol–water partition coefficient (Wildman–Crippen LogP) is 4.64. The Labute approximate surface area is 212 Å². The van der Waals surface area contributed by atoms with E-state index in [1.807, 2.05) is 0 Å². The number of nitrogens with zero attached hydrogens (tertiary/aromatic N) is 2. The molecule has 2 aromatic carbocycles. The molecular weight excluding hydrogens is 494 g/mol. The SMILES string of the molecule is [2H]C([2H])([2H])Oc1ncc(-c2ccc3c(C(=O)NC)n[nH]c3c2)cc1C(=O)N[C@@H](C)c1cc(C(F)(F)F)ccc1F. The first kappa shape index (κ1) is 21.8. The lowest BCUT2D eigenvalue weighted by molar-refractivity contribution is -0.137. The van der Waals surface area contributed by atoms with E-state index in [0.717, 1.165) is 0 Å². The van der Waals surface area contributed by atoms with Gasteiger partial charge in [-0.1, -0.05) is 6.07 Å². The van der Waals surface area contributed by atoms with Crippen LogP contribution in [0.5, 0.6) is 5.88 Å². The lowest BCUT2D eigenvalue weighted by Crippen LogP contribution is -2.28. The van der Waals surface area contributed by atoms with E-state index in [-0.39, 0.29) is 11.3 Å². The fraction of sp³-hybridized carbons (Fsp3) is 0.200. The van der Waals surface area contributed by atoms with Crippen LogP contribution in [-0.4, -0.2) is 41.1 Å². The highest BCUT2D eigenvalue weighted by atomic mass is 19.4. The number of halogens is 4. The minimum atomic E-state index is -4.73. The summed E-state index contributed by atoms with van der Waals surface area (Å²) in [5.41, 5.74) is -0.407. The van der Waals surface area contributed by atoms with Gasteiger partial charge in [-0.05, 0) is 48.9 Å². The Kier molecular flexibility index (Phi) is 5.81. The molecule has 0 aliphatic carbocycles. The minimum Gasteiger partial charge on any atom is -0.480 e. The third kappa shape index (κ3) is 5.08. The van der Waals surface area contributed by atoms with Gasteiger partial charge in [-0.3, -0.25) is 14.7 Å². The number of aromatic amines is 1. The second-order valence-corrected chi connectivity index (χ2v) is 8.02. The summed E-state index contributed by atoms with van der Waals surface area (Å²) in [7, 11) is -1.52. The summed E-state index contributed by atoms with van der Waals surface area (Å²) in [5, 5.41) is 12.1. The average molecular weight is 518 g/mol. The number of pyridine rings is 1. The first-order valence-electron chi connectivity index (χ1n) is 12.2. The van der Waals surface area contributed by atoms with E-state index in [4.69, 9.17) is 8.85 Å². The molecule has 4 rings (SSSR count). The third-order valence-corrected chi connectivity index (χ3v) is 5.67. The van der Waals surface area contributed by atoms with E-state index < -0.39 is 53.9 Å². The molecular formula is C25H21F4N5O3. The molecule has 3 N–H and O–H groups in total. The zero-order valence-corrected chi connectivity index (χ0v) is 19.3. The van der Waals surface area contributed by atoms with Gasteiger partial charge < -0.3 is 15.4 Å². The molecule has 0 aliphatic rings. The van der Waals surface area contributed by atoms with Crippen LogP contribution in [0.3, 0.4) is 0 Å². The Morgan fingerprint density at radius 2 is 1.89 bits per heavy atom. The Hall–Kier alpha value is -4.48. The summed E-state index contributed by atoms with van der Waals surface area (Å²) in [6, 6.07) is 6.70. The van der Waals surface area contributed by atoms with Gasteiger partial charge in [0.1, 0.15) is 11.4 Å². The topological polar surface area (TPSA) is 109 Å². The summed E-state index contributed by atoms with van der Waals surface area (Å²) in [6.45, 7) is 1.27. The maximum Gasteiger partial charge on any atom is 0.416 e. The standard InChI is InChI=1S/C25H21F4N5O3/c1-12(17-10-15(25(27,28)29)5-7-19(17)26)32-22(35)18-8-14(11-31-24(18)37-3)13-4-6-16-20(9-13)33-34-21(16)23(36)30-2/h4-12H,1-3H3,(H,30,36)(H,32,35)(H,33,34)/t12-/m0/s1/i3D3. The van der Waals surface area contributed by atoms with Gasteiger partial charge in [0.05, 0.1) is 28.3 Å². The van der Waals surface area contributed by atoms with Gasteiger partial charge in [0.2, 0.25) is 5.88 Å². The van der Waals surface area contributed by atoms with Crippen molar-refractivity contribution in [3.63, 3.8) is 0 Å². The number of nitrogens with one attached hydrogen (secondary N) is 3. The number of benzene rings is 2.